The van der Waals surface area contributed by atoms with E-state index in [-0.39, 0.29) is 23.6 Å². The summed E-state index contributed by atoms with van der Waals surface area (Å²) in [5.41, 5.74) is 0.834. The van der Waals surface area contributed by atoms with Crippen molar-refractivity contribution < 1.29 is 13.9 Å². The highest BCUT2D eigenvalue weighted by Gasteiger charge is 2.43. The summed E-state index contributed by atoms with van der Waals surface area (Å²) < 4.78 is 25.2. The van der Waals surface area contributed by atoms with Gasteiger partial charge < -0.3 is 14.8 Å². The van der Waals surface area contributed by atoms with Gasteiger partial charge in [-0.1, -0.05) is 6.07 Å². The highest BCUT2D eigenvalue weighted by atomic mass is 19.1. The zero-order valence-corrected chi connectivity index (χ0v) is 11.4. The van der Waals surface area contributed by atoms with Crippen LogP contribution in [0.1, 0.15) is 37.8 Å². The van der Waals surface area contributed by atoms with Crippen molar-refractivity contribution in [2.24, 2.45) is 0 Å². The first kappa shape index (κ1) is 12.9. The molecule has 2 aliphatic heterocycles. The molecule has 2 aliphatic rings. The molecule has 1 saturated heterocycles. The van der Waals surface area contributed by atoms with Crippen LogP contribution < -0.4 is 10.1 Å². The average Bonchev–Trinajstić information content (AvgIpc) is 2.37. The summed E-state index contributed by atoms with van der Waals surface area (Å²) in [5, 5.41) is 3.32. The van der Waals surface area contributed by atoms with Gasteiger partial charge in [-0.2, -0.15) is 0 Å². The largest absolute Gasteiger partial charge is 0.487 e. The smallest absolute Gasteiger partial charge is 0.127 e. The van der Waals surface area contributed by atoms with Gasteiger partial charge in [0.2, 0.25) is 0 Å². The molecular weight excluding hydrogens is 245 g/mol. The van der Waals surface area contributed by atoms with Crippen molar-refractivity contribution >= 4 is 0 Å². The van der Waals surface area contributed by atoms with Gasteiger partial charge in [-0.3, -0.25) is 0 Å². The summed E-state index contributed by atoms with van der Waals surface area (Å²) >= 11 is 0. The molecule has 3 rings (SSSR count). The Labute approximate surface area is 113 Å². The lowest BCUT2D eigenvalue weighted by Gasteiger charge is -2.46. The predicted molar refractivity (Wildman–Crippen MR) is 70.8 cm³/mol. The number of hydrogen-bond donors (Lipinski definition) is 1. The van der Waals surface area contributed by atoms with Gasteiger partial charge in [0, 0.05) is 36.9 Å². The molecule has 1 N–H and O–H groups in total. The predicted octanol–water partition coefficient (Wildman–Crippen LogP) is 2.81. The van der Waals surface area contributed by atoms with Crippen LogP contribution in [0.5, 0.6) is 5.75 Å². The number of nitrogens with one attached hydrogen (secondary N) is 1. The van der Waals surface area contributed by atoms with Gasteiger partial charge in [-0.15, -0.1) is 0 Å². The third-order valence-corrected chi connectivity index (χ3v) is 4.22. The fourth-order valence-corrected chi connectivity index (χ4v) is 3.31. The summed E-state index contributed by atoms with van der Waals surface area (Å²) in [6, 6.07) is 5.04. The monoisotopic (exact) mass is 265 g/mol. The quantitative estimate of drug-likeness (QED) is 0.847. The maximum Gasteiger partial charge on any atom is 0.127 e. The lowest BCUT2D eigenvalue weighted by atomic mass is 9.80. The van der Waals surface area contributed by atoms with Crippen molar-refractivity contribution in [3.8, 4) is 5.75 Å². The molecule has 1 aromatic carbocycles. The highest BCUT2D eigenvalue weighted by molar-refractivity contribution is 5.39. The van der Waals surface area contributed by atoms with E-state index in [0.29, 0.717) is 12.4 Å². The van der Waals surface area contributed by atoms with Gasteiger partial charge in [-0.05, 0) is 20.0 Å². The Morgan fingerprint density at radius 2 is 2.21 bits per heavy atom. The first-order valence-corrected chi connectivity index (χ1v) is 6.89. The maximum atomic E-state index is 13.4. The Bertz CT molecular complexity index is 479. The third kappa shape index (κ3) is 2.35. The van der Waals surface area contributed by atoms with Gasteiger partial charge in [0.25, 0.3) is 0 Å². The number of benzene rings is 1. The van der Waals surface area contributed by atoms with E-state index in [4.69, 9.17) is 9.47 Å². The van der Waals surface area contributed by atoms with Crippen LogP contribution in [0.15, 0.2) is 18.2 Å². The molecule has 19 heavy (non-hydrogen) atoms. The van der Waals surface area contributed by atoms with Crippen LogP contribution in [0.4, 0.5) is 4.39 Å². The summed E-state index contributed by atoms with van der Waals surface area (Å²) in [6.07, 6.45) is 2.84. The van der Waals surface area contributed by atoms with Crippen molar-refractivity contribution in [3.05, 3.63) is 29.6 Å². The third-order valence-electron chi connectivity index (χ3n) is 4.22. The molecule has 2 heterocycles. The average molecular weight is 265 g/mol. The summed E-state index contributed by atoms with van der Waals surface area (Å²) in [6.45, 7) is 2.78. The van der Waals surface area contributed by atoms with Gasteiger partial charge >= 0.3 is 0 Å². The number of fused-ring (bicyclic) bond motifs is 1. The molecule has 0 aromatic heterocycles. The van der Waals surface area contributed by atoms with Gasteiger partial charge in [0.05, 0.1) is 12.7 Å². The molecular formula is C15H20FNO2. The fraction of sp³-hybridized carbons (Fsp3) is 0.600. The van der Waals surface area contributed by atoms with E-state index in [1.54, 1.807) is 0 Å². The van der Waals surface area contributed by atoms with Crippen molar-refractivity contribution in [1.82, 2.24) is 5.32 Å². The second-order valence-corrected chi connectivity index (χ2v) is 5.65. The number of hydrogen-bond acceptors (Lipinski definition) is 3. The second-order valence-electron chi connectivity index (χ2n) is 5.65. The molecule has 3 atom stereocenters. The summed E-state index contributed by atoms with van der Waals surface area (Å²) in [7, 11) is 1.94. The topological polar surface area (TPSA) is 30.5 Å². The van der Waals surface area contributed by atoms with E-state index in [1.165, 1.54) is 12.1 Å². The van der Waals surface area contributed by atoms with Gasteiger partial charge in [-0.25, -0.2) is 4.39 Å². The standard InChI is InChI=1S/C15H20FNO2/c1-10-8-15(5-6-18-10)9-13(17-2)12-4-3-11(16)7-14(12)19-15/h3-4,7,10,13,17H,5-6,8-9H2,1-2H3. The van der Waals surface area contributed by atoms with Crippen LogP contribution in [0, 0.1) is 5.82 Å². The molecule has 1 spiro atoms. The minimum Gasteiger partial charge on any atom is -0.487 e. The maximum absolute atomic E-state index is 13.4. The van der Waals surface area contributed by atoms with Crippen molar-refractivity contribution in [2.75, 3.05) is 13.7 Å². The minimum atomic E-state index is -0.245. The fourth-order valence-electron chi connectivity index (χ4n) is 3.31. The number of ether oxygens (including phenoxy) is 2. The molecule has 0 aliphatic carbocycles. The molecule has 0 amide bonds. The Morgan fingerprint density at radius 1 is 1.37 bits per heavy atom. The van der Waals surface area contributed by atoms with Gasteiger partial charge in [0.1, 0.15) is 17.2 Å². The Balaban J connectivity index is 1.96. The Hall–Kier alpha value is -1.13. The van der Waals surface area contributed by atoms with E-state index in [1.807, 2.05) is 13.1 Å². The van der Waals surface area contributed by atoms with Crippen LogP contribution in [-0.2, 0) is 4.74 Å². The minimum absolute atomic E-state index is 0.196. The van der Waals surface area contributed by atoms with Crippen molar-refractivity contribution in [3.63, 3.8) is 0 Å². The number of rotatable bonds is 1. The Kier molecular flexibility index (Phi) is 3.23. The first-order valence-electron chi connectivity index (χ1n) is 6.89. The van der Waals surface area contributed by atoms with E-state index >= 15 is 0 Å². The number of halogens is 1. The van der Waals surface area contributed by atoms with Crippen LogP contribution in [0.3, 0.4) is 0 Å². The molecule has 1 aromatic rings. The molecule has 0 saturated carbocycles. The molecule has 4 heteroatoms. The molecule has 1 fully saturated rings. The van der Waals surface area contributed by atoms with Crippen molar-refractivity contribution in [1.29, 1.82) is 0 Å². The normalized spacial score (nSPS) is 33.8. The molecule has 3 unspecified atom stereocenters. The molecule has 3 nitrogen and oxygen atoms in total. The zero-order chi connectivity index (χ0) is 13.5. The van der Waals surface area contributed by atoms with E-state index in [9.17, 15) is 4.39 Å². The van der Waals surface area contributed by atoms with Crippen LogP contribution in [0.25, 0.3) is 0 Å². The van der Waals surface area contributed by atoms with E-state index in [0.717, 1.165) is 24.8 Å². The van der Waals surface area contributed by atoms with Crippen LogP contribution >= 0.6 is 0 Å². The second kappa shape index (κ2) is 4.76. The SMILES string of the molecule is CNC1CC2(CCOC(C)C2)Oc2cc(F)ccc21. The molecule has 0 radical (unpaired) electrons. The lowest BCUT2D eigenvalue weighted by molar-refractivity contribution is -0.0965. The first-order chi connectivity index (χ1) is 9.12. The van der Waals surface area contributed by atoms with Crippen LogP contribution in [0.2, 0.25) is 0 Å². The van der Waals surface area contributed by atoms with Crippen LogP contribution in [-0.4, -0.2) is 25.4 Å². The molecule has 0 bridgehead atoms. The zero-order valence-electron chi connectivity index (χ0n) is 11.4. The van der Waals surface area contributed by atoms with E-state index < -0.39 is 0 Å². The lowest BCUT2D eigenvalue weighted by Crippen LogP contribution is -2.49. The summed E-state index contributed by atoms with van der Waals surface area (Å²) in [5.74, 6) is 0.436. The van der Waals surface area contributed by atoms with E-state index in [2.05, 4.69) is 12.2 Å². The summed E-state index contributed by atoms with van der Waals surface area (Å²) in [4.78, 5) is 0. The highest BCUT2D eigenvalue weighted by Crippen LogP contribution is 2.45. The van der Waals surface area contributed by atoms with Crippen molar-refractivity contribution in [2.45, 2.75) is 43.9 Å². The molecule has 104 valence electrons. The van der Waals surface area contributed by atoms with Gasteiger partial charge in [0.15, 0.2) is 0 Å². The Morgan fingerprint density at radius 3 is 2.95 bits per heavy atom.